The molecule has 0 radical (unpaired) electrons. The van der Waals surface area contributed by atoms with Crippen LogP contribution in [0.2, 0.25) is 5.02 Å². The Labute approximate surface area is 191 Å². The molecular formula is C26H22ClN3O2. The average molecular weight is 444 g/mol. The summed E-state index contributed by atoms with van der Waals surface area (Å²) in [5, 5.41) is 3.56. The Morgan fingerprint density at radius 2 is 1.69 bits per heavy atom. The Morgan fingerprint density at radius 3 is 2.38 bits per heavy atom. The SMILES string of the molecule is Cc1ccccc1NC(=O)c1c(-c2ccncc2)n(Cc2ccc(Cl)cc2)c(C)cc1=O. The highest BCUT2D eigenvalue weighted by Gasteiger charge is 2.22. The highest BCUT2D eigenvalue weighted by atomic mass is 35.5. The number of benzene rings is 2. The van der Waals surface area contributed by atoms with Gasteiger partial charge in [-0.05, 0) is 55.3 Å². The first-order valence-electron chi connectivity index (χ1n) is 10.2. The van der Waals surface area contributed by atoms with Crippen molar-refractivity contribution < 1.29 is 4.79 Å². The molecule has 1 N–H and O–H groups in total. The lowest BCUT2D eigenvalue weighted by Crippen LogP contribution is -2.27. The van der Waals surface area contributed by atoms with Crippen LogP contribution in [0.5, 0.6) is 0 Å². The van der Waals surface area contributed by atoms with Gasteiger partial charge in [0.05, 0.1) is 5.69 Å². The van der Waals surface area contributed by atoms with Crippen molar-refractivity contribution in [2.75, 3.05) is 5.32 Å². The molecule has 160 valence electrons. The van der Waals surface area contributed by atoms with Crippen molar-refractivity contribution in [2.45, 2.75) is 20.4 Å². The van der Waals surface area contributed by atoms with Crippen molar-refractivity contribution in [3.8, 4) is 11.3 Å². The van der Waals surface area contributed by atoms with Crippen molar-refractivity contribution in [3.63, 3.8) is 0 Å². The summed E-state index contributed by atoms with van der Waals surface area (Å²) < 4.78 is 1.98. The fraction of sp³-hybridized carbons (Fsp3) is 0.115. The summed E-state index contributed by atoms with van der Waals surface area (Å²) in [5.41, 5.74) is 4.41. The van der Waals surface area contributed by atoms with Crippen LogP contribution in [0, 0.1) is 13.8 Å². The summed E-state index contributed by atoms with van der Waals surface area (Å²) in [6.45, 7) is 4.25. The van der Waals surface area contributed by atoms with Gasteiger partial charge >= 0.3 is 0 Å². The van der Waals surface area contributed by atoms with Gasteiger partial charge in [0.1, 0.15) is 5.56 Å². The second-order valence-corrected chi connectivity index (χ2v) is 8.03. The van der Waals surface area contributed by atoms with Crippen LogP contribution >= 0.6 is 11.6 Å². The Bertz CT molecular complexity index is 1330. The molecule has 0 aliphatic heterocycles. The summed E-state index contributed by atoms with van der Waals surface area (Å²) in [6.07, 6.45) is 3.30. The van der Waals surface area contributed by atoms with Crippen LogP contribution in [0.4, 0.5) is 5.69 Å². The van der Waals surface area contributed by atoms with Crippen molar-refractivity contribution in [2.24, 2.45) is 0 Å². The molecule has 4 rings (SSSR count). The molecule has 32 heavy (non-hydrogen) atoms. The van der Waals surface area contributed by atoms with E-state index in [2.05, 4.69) is 10.3 Å². The fourth-order valence-corrected chi connectivity index (χ4v) is 3.80. The van der Waals surface area contributed by atoms with E-state index in [4.69, 9.17) is 11.6 Å². The summed E-state index contributed by atoms with van der Waals surface area (Å²) >= 11 is 6.04. The Kier molecular flexibility index (Phi) is 6.19. The van der Waals surface area contributed by atoms with Gasteiger partial charge in [-0.3, -0.25) is 14.6 Å². The number of aromatic nitrogens is 2. The van der Waals surface area contributed by atoms with Crippen molar-refractivity contribution in [1.82, 2.24) is 9.55 Å². The lowest BCUT2D eigenvalue weighted by Gasteiger charge is -2.21. The number of carbonyl (C=O) groups is 1. The minimum Gasteiger partial charge on any atom is -0.340 e. The number of pyridine rings is 2. The molecule has 2 aromatic heterocycles. The lowest BCUT2D eigenvalue weighted by atomic mass is 10.0. The number of hydrogen-bond acceptors (Lipinski definition) is 3. The highest BCUT2D eigenvalue weighted by molar-refractivity contribution is 6.30. The van der Waals surface area contributed by atoms with Gasteiger partial charge in [-0.15, -0.1) is 0 Å². The zero-order chi connectivity index (χ0) is 22.7. The van der Waals surface area contributed by atoms with Gasteiger partial charge in [0.15, 0.2) is 5.43 Å². The molecule has 0 aliphatic carbocycles. The molecule has 0 atom stereocenters. The number of nitrogens with zero attached hydrogens (tertiary/aromatic N) is 2. The zero-order valence-corrected chi connectivity index (χ0v) is 18.6. The van der Waals surface area contributed by atoms with Crippen LogP contribution in [0.15, 0.2) is 83.9 Å². The maximum Gasteiger partial charge on any atom is 0.261 e. The fourth-order valence-electron chi connectivity index (χ4n) is 3.67. The lowest BCUT2D eigenvalue weighted by molar-refractivity contribution is 0.102. The van der Waals surface area contributed by atoms with E-state index in [-0.39, 0.29) is 11.0 Å². The molecule has 0 unspecified atom stereocenters. The quantitative estimate of drug-likeness (QED) is 0.444. The number of para-hydroxylation sites is 1. The van der Waals surface area contributed by atoms with Gasteiger partial charge in [0.2, 0.25) is 0 Å². The Hall–Kier alpha value is -3.70. The van der Waals surface area contributed by atoms with E-state index in [1.54, 1.807) is 24.5 Å². The maximum atomic E-state index is 13.4. The monoisotopic (exact) mass is 443 g/mol. The van der Waals surface area contributed by atoms with E-state index >= 15 is 0 Å². The van der Waals surface area contributed by atoms with E-state index < -0.39 is 5.91 Å². The van der Waals surface area contributed by atoms with E-state index in [1.165, 1.54) is 6.07 Å². The number of halogens is 1. The number of rotatable bonds is 5. The smallest absolute Gasteiger partial charge is 0.261 e. The normalized spacial score (nSPS) is 10.7. The van der Waals surface area contributed by atoms with Crippen molar-refractivity contribution in [3.05, 3.63) is 117 Å². The molecule has 0 bridgehead atoms. The first kappa shape index (κ1) is 21.5. The van der Waals surface area contributed by atoms with Gasteiger partial charge in [-0.25, -0.2) is 0 Å². The van der Waals surface area contributed by atoms with Gasteiger partial charge in [-0.1, -0.05) is 41.9 Å². The van der Waals surface area contributed by atoms with Crippen LogP contribution < -0.4 is 10.7 Å². The first-order chi connectivity index (χ1) is 15.4. The summed E-state index contributed by atoms with van der Waals surface area (Å²) in [6, 6.07) is 20.1. The maximum absolute atomic E-state index is 13.4. The zero-order valence-electron chi connectivity index (χ0n) is 17.8. The molecule has 5 nitrogen and oxygen atoms in total. The second kappa shape index (κ2) is 9.20. The van der Waals surface area contributed by atoms with Crippen LogP contribution in [0.1, 0.15) is 27.2 Å². The molecule has 6 heteroatoms. The minimum absolute atomic E-state index is 0.0963. The molecule has 0 saturated heterocycles. The van der Waals surface area contributed by atoms with E-state index in [1.807, 2.05) is 66.9 Å². The number of hydrogen-bond donors (Lipinski definition) is 1. The third-order valence-electron chi connectivity index (χ3n) is 5.35. The second-order valence-electron chi connectivity index (χ2n) is 7.59. The highest BCUT2D eigenvalue weighted by Crippen LogP contribution is 2.26. The molecule has 1 amide bonds. The third kappa shape index (κ3) is 4.48. The molecular weight excluding hydrogens is 422 g/mol. The van der Waals surface area contributed by atoms with Crippen molar-refractivity contribution in [1.29, 1.82) is 0 Å². The number of aryl methyl sites for hydroxylation is 2. The number of nitrogens with one attached hydrogen (secondary N) is 1. The largest absolute Gasteiger partial charge is 0.340 e. The standard InChI is InChI=1S/C26H22ClN3O2/c1-17-5-3-4-6-22(17)29-26(32)24-23(31)15-18(2)30(16-19-7-9-21(27)10-8-19)25(24)20-11-13-28-14-12-20/h3-15H,16H2,1-2H3,(H,29,32). The number of carbonyl (C=O) groups excluding carboxylic acids is 1. The van der Waals surface area contributed by atoms with Gasteiger partial charge in [-0.2, -0.15) is 0 Å². The third-order valence-corrected chi connectivity index (χ3v) is 5.60. The van der Waals surface area contributed by atoms with E-state index in [9.17, 15) is 9.59 Å². The Balaban J connectivity index is 1.89. The van der Waals surface area contributed by atoms with Crippen LogP contribution in [-0.2, 0) is 6.54 Å². The summed E-state index contributed by atoms with van der Waals surface area (Å²) in [7, 11) is 0. The van der Waals surface area contributed by atoms with Crippen molar-refractivity contribution >= 4 is 23.2 Å². The van der Waals surface area contributed by atoms with Gasteiger partial charge < -0.3 is 9.88 Å². The van der Waals surface area contributed by atoms with Crippen LogP contribution in [0.25, 0.3) is 11.3 Å². The number of amides is 1. The van der Waals surface area contributed by atoms with E-state index in [0.717, 1.165) is 22.4 Å². The molecule has 0 saturated carbocycles. The van der Waals surface area contributed by atoms with Gasteiger partial charge in [0, 0.05) is 47.0 Å². The van der Waals surface area contributed by atoms with E-state index in [0.29, 0.717) is 22.9 Å². The topological polar surface area (TPSA) is 64.0 Å². The number of anilines is 1. The molecule has 0 aliphatic rings. The molecule has 2 heterocycles. The Morgan fingerprint density at radius 1 is 1.00 bits per heavy atom. The summed E-state index contributed by atoms with van der Waals surface area (Å²) in [5.74, 6) is -0.444. The van der Waals surface area contributed by atoms with Gasteiger partial charge in [0.25, 0.3) is 5.91 Å². The van der Waals surface area contributed by atoms with Crippen LogP contribution in [0.3, 0.4) is 0 Å². The molecule has 4 aromatic rings. The average Bonchev–Trinajstić information content (AvgIpc) is 2.78. The van der Waals surface area contributed by atoms with Crippen LogP contribution in [-0.4, -0.2) is 15.5 Å². The molecule has 0 fully saturated rings. The first-order valence-corrected chi connectivity index (χ1v) is 10.6. The predicted octanol–water partition coefficient (Wildman–Crippen LogP) is 5.48. The molecule has 0 spiro atoms. The minimum atomic E-state index is -0.444. The predicted molar refractivity (Wildman–Crippen MR) is 128 cm³/mol. The summed E-state index contributed by atoms with van der Waals surface area (Å²) in [4.78, 5) is 30.6. The molecule has 2 aromatic carbocycles.